The van der Waals surface area contributed by atoms with Gasteiger partial charge in [-0.15, -0.1) is 0 Å². The van der Waals surface area contributed by atoms with E-state index in [-0.39, 0.29) is 11.7 Å². The summed E-state index contributed by atoms with van der Waals surface area (Å²) in [4.78, 5) is 0. The van der Waals surface area contributed by atoms with Gasteiger partial charge < -0.3 is 9.47 Å². The van der Waals surface area contributed by atoms with E-state index in [1.165, 1.54) is 25.7 Å². The molecule has 3 heteroatoms. The predicted octanol–water partition coefficient (Wildman–Crippen LogP) is 3.73. The highest BCUT2D eigenvalue weighted by atomic mass is 79.9. The first-order valence-electron chi connectivity index (χ1n) is 5.99. The predicted molar refractivity (Wildman–Crippen MR) is 66.4 cm³/mol. The van der Waals surface area contributed by atoms with Crippen molar-refractivity contribution in [1.29, 1.82) is 0 Å². The summed E-state index contributed by atoms with van der Waals surface area (Å²) in [5, 5.41) is 1.00. The van der Waals surface area contributed by atoms with Crippen LogP contribution in [-0.2, 0) is 9.47 Å². The van der Waals surface area contributed by atoms with Crippen molar-refractivity contribution in [3.8, 4) is 0 Å². The summed E-state index contributed by atoms with van der Waals surface area (Å²) in [6, 6.07) is 0. The maximum atomic E-state index is 5.84. The van der Waals surface area contributed by atoms with Crippen molar-refractivity contribution < 1.29 is 9.47 Å². The lowest BCUT2D eigenvalue weighted by atomic mass is 9.89. The van der Waals surface area contributed by atoms with Crippen LogP contribution in [0.15, 0.2) is 0 Å². The van der Waals surface area contributed by atoms with Crippen LogP contribution >= 0.6 is 15.9 Å². The van der Waals surface area contributed by atoms with Crippen molar-refractivity contribution in [3.63, 3.8) is 0 Å². The second kappa shape index (κ2) is 6.87. The first-order chi connectivity index (χ1) is 7.20. The van der Waals surface area contributed by atoms with Gasteiger partial charge in [-0.3, -0.25) is 0 Å². The van der Waals surface area contributed by atoms with Crippen molar-refractivity contribution >= 4 is 15.9 Å². The van der Waals surface area contributed by atoms with Gasteiger partial charge >= 0.3 is 0 Å². The first kappa shape index (κ1) is 13.5. The molecular formula is C12H23BrO2. The molecule has 1 fully saturated rings. The molecule has 0 bridgehead atoms. The molecule has 0 aromatic carbocycles. The Morgan fingerprint density at radius 2 is 2.27 bits per heavy atom. The van der Waals surface area contributed by atoms with E-state index >= 15 is 0 Å². The Morgan fingerprint density at radius 3 is 2.80 bits per heavy atom. The number of hydrogen-bond acceptors (Lipinski definition) is 2. The summed E-state index contributed by atoms with van der Waals surface area (Å²) >= 11 is 3.58. The summed E-state index contributed by atoms with van der Waals surface area (Å²) in [5.74, 6) is 0. The van der Waals surface area contributed by atoms with Crippen LogP contribution in [0.3, 0.4) is 0 Å². The average molecular weight is 279 g/mol. The Labute approximate surface area is 102 Å². The lowest BCUT2D eigenvalue weighted by molar-refractivity contribution is -0.176. The van der Waals surface area contributed by atoms with Gasteiger partial charge in [-0.25, -0.2) is 0 Å². The quantitative estimate of drug-likeness (QED) is 0.690. The lowest BCUT2D eigenvalue weighted by Gasteiger charge is -2.30. The van der Waals surface area contributed by atoms with E-state index in [1.54, 1.807) is 0 Å². The molecule has 1 aliphatic heterocycles. The monoisotopic (exact) mass is 278 g/mol. The minimum absolute atomic E-state index is 0.0500. The zero-order chi connectivity index (χ0) is 11.1. The third-order valence-corrected chi connectivity index (χ3v) is 4.29. The fraction of sp³-hybridized carbons (Fsp3) is 1.00. The van der Waals surface area contributed by atoms with Gasteiger partial charge in [0.25, 0.3) is 0 Å². The number of ether oxygens (including phenoxy) is 2. The van der Waals surface area contributed by atoms with Crippen LogP contribution in [0.4, 0.5) is 0 Å². The molecule has 0 aromatic heterocycles. The second-order valence-electron chi connectivity index (χ2n) is 4.80. The van der Waals surface area contributed by atoms with Crippen LogP contribution in [0.5, 0.6) is 0 Å². The highest BCUT2D eigenvalue weighted by molar-refractivity contribution is 9.09. The van der Waals surface area contributed by atoms with Crippen LogP contribution in [0.1, 0.15) is 46.0 Å². The molecule has 0 N–H and O–H groups in total. The maximum absolute atomic E-state index is 5.84. The molecule has 2 unspecified atom stereocenters. The molecule has 0 saturated carbocycles. The number of halogens is 1. The van der Waals surface area contributed by atoms with Crippen LogP contribution in [-0.4, -0.2) is 24.8 Å². The third-order valence-electron chi connectivity index (χ3n) is 2.93. The molecule has 0 spiro atoms. The molecule has 1 heterocycles. The summed E-state index contributed by atoms with van der Waals surface area (Å²) in [7, 11) is 0. The van der Waals surface area contributed by atoms with Gasteiger partial charge in [0.2, 0.25) is 0 Å². The summed E-state index contributed by atoms with van der Waals surface area (Å²) in [6.07, 6.45) is 5.94. The fourth-order valence-electron chi connectivity index (χ4n) is 1.92. The molecule has 0 amide bonds. The fourth-order valence-corrected chi connectivity index (χ4v) is 2.36. The molecule has 0 aliphatic carbocycles. The van der Waals surface area contributed by atoms with E-state index in [9.17, 15) is 0 Å². The van der Waals surface area contributed by atoms with Crippen LogP contribution < -0.4 is 0 Å². The minimum atomic E-state index is 0.0500. The lowest BCUT2D eigenvalue weighted by Crippen LogP contribution is -2.31. The van der Waals surface area contributed by atoms with Gasteiger partial charge in [-0.2, -0.15) is 0 Å². The smallest absolute Gasteiger partial charge is 0.157 e. The van der Waals surface area contributed by atoms with Crippen molar-refractivity contribution in [2.24, 2.45) is 5.41 Å². The molecule has 0 aromatic rings. The highest BCUT2D eigenvalue weighted by Gasteiger charge is 2.25. The van der Waals surface area contributed by atoms with E-state index in [2.05, 4.69) is 29.8 Å². The van der Waals surface area contributed by atoms with E-state index in [0.29, 0.717) is 0 Å². The summed E-state index contributed by atoms with van der Waals surface area (Å²) < 4.78 is 11.4. The third kappa shape index (κ3) is 4.83. The van der Waals surface area contributed by atoms with E-state index in [4.69, 9.17) is 9.47 Å². The SMILES string of the molecule is CCCC(C)(CBr)COC1CCCCO1. The first-order valence-corrected chi connectivity index (χ1v) is 7.11. The standard InChI is InChI=1S/C12H23BrO2/c1-3-7-12(2,9-13)10-15-11-6-4-5-8-14-11/h11H,3-10H2,1-2H3. The maximum Gasteiger partial charge on any atom is 0.157 e. The molecule has 90 valence electrons. The van der Waals surface area contributed by atoms with Gasteiger partial charge in [0.15, 0.2) is 6.29 Å². The molecule has 0 radical (unpaired) electrons. The topological polar surface area (TPSA) is 18.5 Å². The number of hydrogen-bond donors (Lipinski definition) is 0. The van der Waals surface area contributed by atoms with Gasteiger partial charge in [0.05, 0.1) is 6.61 Å². The Bertz CT molecular complexity index is 169. The van der Waals surface area contributed by atoms with Crippen LogP contribution in [0, 0.1) is 5.41 Å². The molecule has 15 heavy (non-hydrogen) atoms. The van der Waals surface area contributed by atoms with E-state index in [1.807, 2.05) is 0 Å². The van der Waals surface area contributed by atoms with Gasteiger partial charge in [-0.1, -0.05) is 36.2 Å². The van der Waals surface area contributed by atoms with E-state index in [0.717, 1.165) is 25.0 Å². The molecule has 1 saturated heterocycles. The Balaban J connectivity index is 2.25. The molecule has 2 nitrogen and oxygen atoms in total. The number of alkyl halides is 1. The molecular weight excluding hydrogens is 256 g/mol. The van der Waals surface area contributed by atoms with Crippen LogP contribution in [0.2, 0.25) is 0 Å². The van der Waals surface area contributed by atoms with Gasteiger partial charge in [0.1, 0.15) is 0 Å². The normalized spacial score (nSPS) is 26.2. The van der Waals surface area contributed by atoms with Crippen molar-refractivity contribution in [2.45, 2.75) is 52.2 Å². The number of rotatable bonds is 6. The molecule has 2 atom stereocenters. The Hall–Kier alpha value is 0.400. The summed E-state index contributed by atoms with van der Waals surface area (Å²) in [5.41, 5.74) is 0.259. The molecule has 1 rings (SSSR count). The van der Waals surface area contributed by atoms with Crippen molar-refractivity contribution in [2.75, 3.05) is 18.5 Å². The van der Waals surface area contributed by atoms with Gasteiger partial charge in [-0.05, 0) is 25.7 Å². The van der Waals surface area contributed by atoms with Gasteiger partial charge in [0, 0.05) is 17.4 Å². The van der Waals surface area contributed by atoms with Crippen LogP contribution in [0.25, 0.3) is 0 Å². The zero-order valence-corrected chi connectivity index (χ0v) is 11.5. The van der Waals surface area contributed by atoms with Crippen molar-refractivity contribution in [3.05, 3.63) is 0 Å². The Kier molecular flexibility index (Phi) is 6.17. The largest absolute Gasteiger partial charge is 0.353 e. The summed E-state index contributed by atoms with van der Waals surface area (Å²) in [6.45, 7) is 6.16. The zero-order valence-electron chi connectivity index (χ0n) is 9.93. The average Bonchev–Trinajstić information content (AvgIpc) is 2.28. The molecule has 1 aliphatic rings. The highest BCUT2D eigenvalue weighted by Crippen LogP contribution is 2.27. The second-order valence-corrected chi connectivity index (χ2v) is 5.36. The minimum Gasteiger partial charge on any atom is -0.353 e. The van der Waals surface area contributed by atoms with Crippen molar-refractivity contribution in [1.82, 2.24) is 0 Å². The Morgan fingerprint density at radius 1 is 1.47 bits per heavy atom. The van der Waals surface area contributed by atoms with E-state index < -0.39 is 0 Å².